The second-order valence-electron chi connectivity index (χ2n) is 9.24. The molecule has 1 aliphatic heterocycles. The van der Waals surface area contributed by atoms with Crippen molar-refractivity contribution >= 4 is 32.8 Å². The first-order valence-electron chi connectivity index (χ1n) is 12.5. The predicted octanol–water partition coefficient (Wildman–Crippen LogP) is 2.93. The number of nitrogens with two attached hydrogens (primary N) is 1. The van der Waals surface area contributed by atoms with E-state index in [-0.39, 0.29) is 11.4 Å². The Morgan fingerprint density at radius 3 is 2.33 bits per heavy atom. The van der Waals surface area contributed by atoms with E-state index in [1.807, 2.05) is 24.3 Å². The zero-order valence-corrected chi connectivity index (χ0v) is 22.1. The first-order chi connectivity index (χ1) is 19.3. The molecular weight excluding hydrogens is 530 g/mol. The number of nitrogens with one attached hydrogen (secondary N) is 1. The zero-order chi connectivity index (χ0) is 28.3. The molecular formula is C29H25N5O5S. The molecule has 5 rings (SSSR count). The largest absolute Gasteiger partial charge is 0.480 e. The Kier molecular flexibility index (Phi) is 7.57. The fourth-order valence-corrected chi connectivity index (χ4v) is 6.29. The van der Waals surface area contributed by atoms with Crippen molar-refractivity contribution in [3.63, 3.8) is 0 Å². The van der Waals surface area contributed by atoms with Crippen LogP contribution in [0.1, 0.15) is 40.7 Å². The summed E-state index contributed by atoms with van der Waals surface area (Å²) in [6.45, 7) is 0.185. The van der Waals surface area contributed by atoms with Gasteiger partial charge >= 0.3 is 5.97 Å². The van der Waals surface area contributed by atoms with Crippen molar-refractivity contribution in [2.24, 2.45) is 5.84 Å². The maximum Gasteiger partial charge on any atom is 0.322 e. The van der Waals surface area contributed by atoms with Crippen LogP contribution in [0.15, 0.2) is 78.0 Å². The summed E-state index contributed by atoms with van der Waals surface area (Å²) in [6, 6.07) is 15.8. The van der Waals surface area contributed by atoms with Crippen LogP contribution in [0, 0.1) is 11.8 Å². The van der Waals surface area contributed by atoms with Crippen molar-refractivity contribution in [3.05, 3.63) is 89.7 Å². The van der Waals surface area contributed by atoms with E-state index in [2.05, 4.69) is 27.2 Å². The monoisotopic (exact) mass is 555 g/mol. The van der Waals surface area contributed by atoms with Crippen LogP contribution in [0.25, 0.3) is 22.2 Å². The lowest BCUT2D eigenvalue weighted by molar-refractivity contribution is -0.142. The van der Waals surface area contributed by atoms with Gasteiger partial charge in [0.15, 0.2) is 0 Å². The third-order valence-electron chi connectivity index (χ3n) is 6.72. The number of sulfonamides is 1. The van der Waals surface area contributed by atoms with Crippen LogP contribution in [0.3, 0.4) is 0 Å². The van der Waals surface area contributed by atoms with Gasteiger partial charge in [0.05, 0.1) is 21.7 Å². The molecule has 0 aliphatic carbocycles. The quantitative estimate of drug-likeness (QED) is 0.147. The summed E-state index contributed by atoms with van der Waals surface area (Å²) in [5, 5.41) is 10.0. The average Bonchev–Trinajstić information content (AvgIpc) is 2.99. The van der Waals surface area contributed by atoms with E-state index in [9.17, 15) is 23.1 Å². The number of piperidine rings is 1. The molecule has 1 unspecified atom stereocenters. The maximum absolute atomic E-state index is 13.1. The number of nitrogen functional groups attached to an aromatic ring is 1. The molecule has 2 aromatic heterocycles. The molecule has 10 nitrogen and oxygen atoms in total. The highest BCUT2D eigenvalue weighted by Crippen LogP contribution is 2.27. The molecule has 11 heteroatoms. The number of fused-ring (bicyclic) bond motifs is 1. The topological polar surface area (TPSA) is 156 Å². The number of hydrazine groups is 1. The minimum absolute atomic E-state index is 0.0388. The van der Waals surface area contributed by atoms with Crippen LogP contribution in [0.2, 0.25) is 0 Å². The van der Waals surface area contributed by atoms with Gasteiger partial charge in [-0.05, 0) is 67.8 Å². The molecule has 202 valence electrons. The molecule has 1 fully saturated rings. The van der Waals surface area contributed by atoms with Crippen LogP contribution in [0.4, 0.5) is 0 Å². The smallest absolute Gasteiger partial charge is 0.322 e. The molecule has 0 saturated carbocycles. The minimum atomic E-state index is -3.93. The number of hydrogen-bond acceptors (Lipinski definition) is 7. The number of carboxylic acid groups (broad SMARTS) is 1. The molecule has 0 radical (unpaired) electrons. The van der Waals surface area contributed by atoms with Crippen molar-refractivity contribution in [1.82, 2.24) is 19.7 Å². The summed E-state index contributed by atoms with van der Waals surface area (Å²) < 4.78 is 27.2. The highest BCUT2D eigenvalue weighted by molar-refractivity contribution is 7.89. The van der Waals surface area contributed by atoms with Crippen molar-refractivity contribution in [2.45, 2.75) is 30.2 Å². The number of carboxylic acids is 1. The predicted molar refractivity (Wildman–Crippen MR) is 148 cm³/mol. The number of nitrogens with zero attached hydrogens (tertiary/aromatic N) is 3. The number of aromatic nitrogens is 2. The normalized spacial score (nSPS) is 15.7. The average molecular weight is 556 g/mol. The van der Waals surface area contributed by atoms with Gasteiger partial charge in [0.1, 0.15) is 6.04 Å². The van der Waals surface area contributed by atoms with Gasteiger partial charge in [0.25, 0.3) is 5.91 Å². The fourth-order valence-electron chi connectivity index (χ4n) is 4.64. The molecule has 1 aliphatic rings. The molecule has 0 spiro atoms. The standard InChI is InChI=1S/C29H25N5O5S/c30-33-28(35)23-17-26(32-25-14-15-31-18-24(23)25)21-10-6-19(7-11-21)4-5-20-8-12-22(13-9-20)40(38,39)34-16-2-1-3-27(34)29(36)37/h6-15,17-18,27H,1-3,16,30H2,(H,33,35)(H,36,37). The summed E-state index contributed by atoms with van der Waals surface area (Å²) in [5.41, 5.74) is 5.84. The van der Waals surface area contributed by atoms with Crippen molar-refractivity contribution in [2.75, 3.05) is 6.54 Å². The Morgan fingerprint density at radius 1 is 1.00 bits per heavy atom. The number of pyridine rings is 2. The van der Waals surface area contributed by atoms with E-state index >= 15 is 0 Å². The Labute approximate surface area is 230 Å². The number of hydrogen-bond donors (Lipinski definition) is 3. The van der Waals surface area contributed by atoms with Gasteiger partial charge in [-0.3, -0.25) is 20.0 Å². The first-order valence-corrected chi connectivity index (χ1v) is 13.9. The van der Waals surface area contributed by atoms with Gasteiger partial charge in [-0.15, -0.1) is 0 Å². The van der Waals surface area contributed by atoms with Gasteiger partial charge in [-0.2, -0.15) is 4.31 Å². The van der Waals surface area contributed by atoms with Gasteiger partial charge in [0, 0.05) is 41.0 Å². The van der Waals surface area contributed by atoms with Crippen LogP contribution >= 0.6 is 0 Å². The van der Waals surface area contributed by atoms with E-state index in [0.717, 1.165) is 15.4 Å². The van der Waals surface area contributed by atoms with Crippen LogP contribution < -0.4 is 11.3 Å². The molecule has 0 bridgehead atoms. The van der Waals surface area contributed by atoms with E-state index < -0.39 is 27.9 Å². The van der Waals surface area contributed by atoms with Gasteiger partial charge in [-0.1, -0.05) is 24.0 Å². The zero-order valence-electron chi connectivity index (χ0n) is 21.2. The molecule has 1 saturated heterocycles. The third kappa shape index (κ3) is 5.41. The Bertz CT molecular complexity index is 1760. The van der Waals surface area contributed by atoms with Crippen LogP contribution in [-0.2, 0) is 14.8 Å². The van der Waals surface area contributed by atoms with Gasteiger partial charge in [-0.25, -0.2) is 19.2 Å². The second-order valence-corrected chi connectivity index (χ2v) is 11.1. The van der Waals surface area contributed by atoms with E-state index in [1.165, 1.54) is 12.1 Å². The Morgan fingerprint density at radius 2 is 1.68 bits per heavy atom. The highest BCUT2D eigenvalue weighted by Gasteiger charge is 2.37. The van der Waals surface area contributed by atoms with Gasteiger partial charge in [0.2, 0.25) is 10.0 Å². The summed E-state index contributed by atoms with van der Waals surface area (Å²) in [4.78, 5) is 32.6. The lowest BCUT2D eigenvalue weighted by Crippen LogP contribution is -2.47. The second kappa shape index (κ2) is 11.2. The fraction of sp³-hybridized carbons (Fsp3) is 0.172. The summed E-state index contributed by atoms with van der Waals surface area (Å²) in [7, 11) is -3.93. The third-order valence-corrected chi connectivity index (χ3v) is 8.64. The molecule has 3 heterocycles. The van der Waals surface area contributed by atoms with E-state index in [4.69, 9.17) is 5.84 Å². The summed E-state index contributed by atoms with van der Waals surface area (Å²) in [6.07, 6.45) is 4.78. The summed E-state index contributed by atoms with van der Waals surface area (Å²) in [5.74, 6) is 9.85. The molecule has 40 heavy (non-hydrogen) atoms. The molecule has 2 aromatic carbocycles. The first kappa shape index (κ1) is 27.0. The number of carbonyl (C=O) groups is 2. The molecule has 4 N–H and O–H groups in total. The lowest BCUT2D eigenvalue weighted by atomic mass is 10.0. The van der Waals surface area contributed by atoms with Crippen LogP contribution in [0.5, 0.6) is 0 Å². The Balaban J connectivity index is 1.35. The maximum atomic E-state index is 13.1. The van der Waals surface area contributed by atoms with Gasteiger partial charge < -0.3 is 5.11 Å². The summed E-state index contributed by atoms with van der Waals surface area (Å²) >= 11 is 0. The molecule has 4 aromatic rings. The number of aliphatic carboxylic acids is 1. The van der Waals surface area contributed by atoms with E-state index in [1.54, 1.807) is 36.7 Å². The van der Waals surface area contributed by atoms with Crippen molar-refractivity contribution in [1.29, 1.82) is 0 Å². The van der Waals surface area contributed by atoms with Crippen LogP contribution in [-0.4, -0.2) is 52.3 Å². The highest BCUT2D eigenvalue weighted by atomic mass is 32.2. The number of rotatable bonds is 5. The Hall–Kier alpha value is -4.63. The van der Waals surface area contributed by atoms with E-state index in [0.29, 0.717) is 47.0 Å². The number of amides is 1. The minimum Gasteiger partial charge on any atom is -0.480 e. The molecule has 1 atom stereocenters. The SMILES string of the molecule is NNC(=O)c1cc(-c2ccc(C#Cc3ccc(S(=O)(=O)N4CCCCC4C(=O)O)cc3)cc2)nc2ccncc12. The number of benzene rings is 2. The van der Waals surface area contributed by atoms with Crippen molar-refractivity contribution < 1.29 is 23.1 Å². The van der Waals surface area contributed by atoms with Crippen molar-refractivity contribution in [3.8, 4) is 23.1 Å². The molecule has 1 amide bonds. The lowest BCUT2D eigenvalue weighted by Gasteiger charge is -2.31. The number of carbonyl (C=O) groups excluding carboxylic acids is 1.